The van der Waals surface area contributed by atoms with E-state index in [4.69, 9.17) is 28.2 Å². The molecule has 0 fully saturated rings. The number of fused-ring (bicyclic) bond motifs is 1. The first-order valence-electron chi connectivity index (χ1n) is 9.52. The molecule has 0 amide bonds. The standard InChI is InChI=1S/C25H22Cl2N2/c1-25(2)19-14-20(26)21(27)15-23(19)29(3)24(25)16-22(17-10-6-4-7-11-17)28-18-12-8-5-9-13-18/h4-16H,1-3H3. The van der Waals surface area contributed by atoms with Crippen LogP contribution in [0.2, 0.25) is 10.0 Å². The third kappa shape index (κ3) is 3.71. The van der Waals surface area contributed by atoms with Gasteiger partial charge in [-0.2, -0.15) is 0 Å². The first-order chi connectivity index (χ1) is 13.9. The molecule has 2 nitrogen and oxygen atoms in total. The molecule has 0 radical (unpaired) electrons. The van der Waals surface area contributed by atoms with Crippen molar-refractivity contribution >= 4 is 40.3 Å². The Morgan fingerprint density at radius 2 is 1.48 bits per heavy atom. The molecule has 1 heterocycles. The van der Waals surface area contributed by atoms with Crippen molar-refractivity contribution in [2.24, 2.45) is 4.99 Å². The minimum Gasteiger partial charge on any atom is -0.347 e. The summed E-state index contributed by atoms with van der Waals surface area (Å²) in [4.78, 5) is 7.13. The minimum atomic E-state index is -0.232. The van der Waals surface area contributed by atoms with Gasteiger partial charge in [-0.25, -0.2) is 4.99 Å². The minimum absolute atomic E-state index is 0.232. The Balaban J connectivity index is 1.88. The summed E-state index contributed by atoms with van der Waals surface area (Å²) < 4.78 is 0. The lowest BCUT2D eigenvalue weighted by molar-refractivity contribution is 0.641. The zero-order chi connectivity index (χ0) is 20.6. The van der Waals surface area contributed by atoms with Crippen LogP contribution in [0.25, 0.3) is 0 Å². The first kappa shape index (κ1) is 19.8. The predicted octanol–water partition coefficient (Wildman–Crippen LogP) is 7.43. The fourth-order valence-corrected chi connectivity index (χ4v) is 4.16. The van der Waals surface area contributed by atoms with Crippen molar-refractivity contribution in [3.05, 3.63) is 106 Å². The van der Waals surface area contributed by atoms with Crippen LogP contribution in [0.5, 0.6) is 0 Å². The third-order valence-corrected chi connectivity index (χ3v) is 6.15. The van der Waals surface area contributed by atoms with Crippen molar-refractivity contribution in [2.45, 2.75) is 19.3 Å². The van der Waals surface area contributed by atoms with E-state index in [-0.39, 0.29) is 5.41 Å². The van der Waals surface area contributed by atoms with Gasteiger partial charge in [-0.05, 0) is 35.9 Å². The van der Waals surface area contributed by atoms with E-state index in [1.165, 1.54) is 0 Å². The number of para-hydroxylation sites is 1. The quantitative estimate of drug-likeness (QED) is 0.402. The molecule has 0 saturated heterocycles. The second kappa shape index (κ2) is 7.70. The van der Waals surface area contributed by atoms with Crippen LogP contribution in [0.1, 0.15) is 25.0 Å². The van der Waals surface area contributed by atoms with Crippen molar-refractivity contribution in [3.8, 4) is 0 Å². The highest BCUT2D eigenvalue weighted by molar-refractivity contribution is 6.42. The van der Waals surface area contributed by atoms with Crippen LogP contribution in [0.15, 0.2) is 89.6 Å². The fraction of sp³-hybridized carbons (Fsp3) is 0.160. The Hall–Kier alpha value is -2.55. The maximum atomic E-state index is 6.33. The number of halogens is 2. The Morgan fingerprint density at radius 3 is 2.14 bits per heavy atom. The van der Waals surface area contributed by atoms with Crippen LogP contribution < -0.4 is 4.90 Å². The van der Waals surface area contributed by atoms with E-state index >= 15 is 0 Å². The van der Waals surface area contributed by atoms with Crippen LogP contribution in [0.3, 0.4) is 0 Å². The van der Waals surface area contributed by atoms with Gasteiger partial charge >= 0.3 is 0 Å². The van der Waals surface area contributed by atoms with Gasteiger partial charge in [-0.3, -0.25) is 0 Å². The smallest absolute Gasteiger partial charge is 0.0726 e. The number of hydrogen-bond acceptors (Lipinski definition) is 2. The van der Waals surface area contributed by atoms with Crippen molar-refractivity contribution < 1.29 is 0 Å². The summed E-state index contributed by atoms with van der Waals surface area (Å²) in [5.41, 5.74) is 6.05. The Labute approximate surface area is 182 Å². The van der Waals surface area contributed by atoms with E-state index in [1.54, 1.807) is 0 Å². The largest absolute Gasteiger partial charge is 0.347 e. The second-order valence-electron chi connectivity index (χ2n) is 7.70. The van der Waals surface area contributed by atoms with Crippen molar-refractivity contribution in [3.63, 3.8) is 0 Å². The molecule has 0 atom stereocenters. The Kier molecular flexibility index (Phi) is 5.24. The zero-order valence-electron chi connectivity index (χ0n) is 16.7. The zero-order valence-corrected chi connectivity index (χ0v) is 18.2. The lowest BCUT2D eigenvalue weighted by Gasteiger charge is -2.24. The van der Waals surface area contributed by atoms with Gasteiger partial charge in [0.25, 0.3) is 0 Å². The molecule has 0 bridgehead atoms. The number of nitrogens with zero attached hydrogens (tertiary/aromatic N) is 2. The van der Waals surface area contributed by atoms with Crippen LogP contribution in [-0.4, -0.2) is 12.8 Å². The molecule has 0 saturated carbocycles. The molecule has 1 aliphatic rings. The molecule has 0 unspecified atom stereocenters. The van der Waals surface area contributed by atoms with E-state index in [2.05, 4.69) is 44.0 Å². The summed E-state index contributed by atoms with van der Waals surface area (Å²) in [6.45, 7) is 4.41. The number of hydrogen-bond donors (Lipinski definition) is 0. The first-order valence-corrected chi connectivity index (χ1v) is 10.3. The van der Waals surface area contributed by atoms with E-state index in [0.717, 1.165) is 33.9 Å². The van der Waals surface area contributed by atoms with E-state index in [0.29, 0.717) is 10.0 Å². The Morgan fingerprint density at radius 1 is 0.897 bits per heavy atom. The summed E-state index contributed by atoms with van der Waals surface area (Å²) in [5, 5.41) is 1.14. The highest BCUT2D eigenvalue weighted by Crippen LogP contribution is 2.49. The van der Waals surface area contributed by atoms with E-state index < -0.39 is 0 Å². The SMILES string of the molecule is CN1C(=CC(=Nc2ccccc2)c2ccccc2)C(C)(C)c2cc(Cl)c(Cl)cc21. The number of likely N-dealkylation sites (N-methyl/N-ethyl adjacent to an activating group) is 1. The monoisotopic (exact) mass is 420 g/mol. The summed E-state index contributed by atoms with van der Waals surface area (Å²) >= 11 is 12.6. The predicted molar refractivity (Wildman–Crippen MR) is 125 cm³/mol. The van der Waals surface area contributed by atoms with Gasteiger partial charge in [0.2, 0.25) is 0 Å². The molecule has 146 valence electrons. The summed E-state index contributed by atoms with van der Waals surface area (Å²) in [6, 6.07) is 24.2. The van der Waals surface area contributed by atoms with Crippen molar-refractivity contribution in [2.75, 3.05) is 11.9 Å². The maximum absolute atomic E-state index is 6.33. The van der Waals surface area contributed by atoms with Crippen LogP contribution in [-0.2, 0) is 5.41 Å². The van der Waals surface area contributed by atoms with Crippen LogP contribution >= 0.6 is 23.2 Å². The molecule has 0 aromatic heterocycles. The Bertz CT molecular complexity index is 1100. The highest BCUT2D eigenvalue weighted by Gasteiger charge is 2.39. The number of allylic oxidation sites excluding steroid dienone is 2. The van der Waals surface area contributed by atoms with Crippen molar-refractivity contribution in [1.82, 2.24) is 0 Å². The van der Waals surface area contributed by atoms with Crippen molar-refractivity contribution in [1.29, 1.82) is 0 Å². The molecule has 3 aromatic rings. The second-order valence-corrected chi connectivity index (χ2v) is 8.51. The third-order valence-electron chi connectivity index (χ3n) is 5.42. The molecular formula is C25H22Cl2N2. The number of rotatable bonds is 3. The van der Waals surface area contributed by atoms with Crippen LogP contribution in [0.4, 0.5) is 11.4 Å². The van der Waals surface area contributed by atoms with Gasteiger partial charge in [0, 0.05) is 29.4 Å². The normalized spacial score (nSPS) is 16.9. The summed E-state index contributed by atoms with van der Waals surface area (Å²) in [7, 11) is 2.06. The molecule has 29 heavy (non-hydrogen) atoms. The molecule has 4 heteroatoms. The molecular weight excluding hydrogens is 399 g/mol. The average Bonchev–Trinajstić information content (AvgIpc) is 2.89. The van der Waals surface area contributed by atoms with Gasteiger partial charge in [-0.1, -0.05) is 85.6 Å². The van der Waals surface area contributed by atoms with E-state index in [1.807, 2.05) is 60.7 Å². The van der Waals surface area contributed by atoms with E-state index in [9.17, 15) is 0 Å². The van der Waals surface area contributed by atoms with Crippen LogP contribution in [0, 0.1) is 0 Å². The molecule has 4 rings (SSSR count). The van der Waals surface area contributed by atoms with Gasteiger partial charge in [-0.15, -0.1) is 0 Å². The lowest BCUT2D eigenvalue weighted by Crippen LogP contribution is -2.24. The van der Waals surface area contributed by atoms with Gasteiger partial charge in [0.05, 0.1) is 21.4 Å². The summed E-state index contributed by atoms with van der Waals surface area (Å²) in [5.74, 6) is 0. The molecule has 0 N–H and O–H groups in total. The lowest BCUT2D eigenvalue weighted by atomic mass is 9.83. The molecule has 0 aliphatic carbocycles. The fourth-order valence-electron chi connectivity index (χ4n) is 3.84. The maximum Gasteiger partial charge on any atom is 0.0726 e. The molecule has 3 aromatic carbocycles. The van der Waals surface area contributed by atoms with Gasteiger partial charge < -0.3 is 4.90 Å². The average molecular weight is 421 g/mol. The number of benzene rings is 3. The van der Waals surface area contributed by atoms with Gasteiger partial charge in [0.15, 0.2) is 0 Å². The molecule has 1 aliphatic heterocycles. The van der Waals surface area contributed by atoms with Gasteiger partial charge in [0.1, 0.15) is 0 Å². The number of aliphatic imine (C=N–C) groups is 1. The summed E-state index contributed by atoms with van der Waals surface area (Å²) in [6.07, 6.45) is 2.17. The topological polar surface area (TPSA) is 15.6 Å². The number of anilines is 1. The molecule has 0 spiro atoms. The highest BCUT2D eigenvalue weighted by atomic mass is 35.5.